The fraction of sp³-hybridized carbons (Fsp3) is 0. The standard InChI is InChI=1S/C14H10N2O2.ClH/c17-14(18)10-7-9-5-6-15-12-4-2-1-3-11(12)13(9)16-8-10;/h1-8,16H,(H,17,18);1H. The van der Waals surface area contributed by atoms with Crippen LogP contribution in [-0.2, 0) is 4.79 Å². The highest BCUT2D eigenvalue weighted by Crippen LogP contribution is 2.17. The molecule has 96 valence electrons. The van der Waals surface area contributed by atoms with E-state index in [9.17, 15) is 4.79 Å². The zero-order valence-electron chi connectivity index (χ0n) is 9.83. The van der Waals surface area contributed by atoms with Crippen molar-refractivity contribution in [1.29, 1.82) is 0 Å². The van der Waals surface area contributed by atoms with Crippen molar-refractivity contribution in [2.45, 2.75) is 0 Å². The molecular weight excluding hydrogens is 264 g/mol. The molecule has 0 radical (unpaired) electrons. The van der Waals surface area contributed by atoms with E-state index in [1.807, 2.05) is 24.3 Å². The lowest BCUT2D eigenvalue weighted by molar-refractivity contribution is -0.132. The van der Waals surface area contributed by atoms with Gasteiger partial charge in [0, 0.05) is 23.2 Å². The molecule has 0 bridgehead atoms. The monoisotopic (exact) mass is 274 g/mol. The molecule has 0 aromatic heterocycles. The lowest BCUT2D eigenvalue weighted by Crippen LogP contribution is -2.31. The largest absolute Gasteiger partial charge is 0.478 e. The van der Waals surface area contributed by atoms with E-state index in [2.05, 4.69) is 10.3 Å². The van der Waals surface area contributed by atoms with Crippen molar-refractivity contribution < 1.29 is 9.90 Å². The number of para-hydroxylation sites is 1. The van der Waals surface area contributed by atoms with Gasteiger partial charge in [-0.15, -0.1) is 12.4 Å². The Balaban J connectivity index is 0.00000133. The SMILES string of the molecule is Cl.O=C(O)C1=CNC2=c3ccccc3=NC=CC2=C1. The summed E-state index contributed by atoms with van der Waals surface area (Å²) in [5.41, 5.74) is 1.94. The minimum atomic E-state index is -0.947. The number of dihydropyridines is 1. The van der Waals surface area contributed by atoms with Crippen LogP contribution in [0.1, 0.15) is 0 Å². The second-order valence-corrected chi connectivity index (χ2v) is 3.99. The molecule has 2 aliphatic heterocycles. The molecule has 5 heteroatoms. The topological polar surface area (TPSA) is 61.7 Å². The number of carboxylic acids is 1. The van der Waals surface area contributed by atoms with Gasteiger partial charge in [0.25, 0.3) is 0 Å². The number of carboxylic acid groups (broad SMARTS) is 1. The molecular formula is C14H11ClN2O2. The number of halogens is 1. The molecule has 0 amide bonds. The molecule has 0 fully saturated rings. The molecule has 0 spiro atoms. The number of nitrogens with zero attached hydrogens (tertiary/aromatic N) is 1. The highest BCUT2D eigenvalue weighted by molar-refractivity contribution is 5.93. The van der Waals surface area contributed by atoms with E-state index in [1.165, 1.54) is 6.20 Å². The van der Waals surface area contributed by atoms with E-state index in [4.69, 9.17) is 5.11 Å². The van der Waals surface area contributed by atoms with Crippen molar-refractivity contribution in [2.24, 2.45) is 4.99 Å². The maximum Gasteiger partial charge on any atom is 0.337 e. The Morgan fingerprint density at radius 2 is 2.05 bits per heavy atom. The quantitative estimate of drug-likeness (QED) is 0.799. The zero-order chi connectivity index (χ0) is 12.5. The van der Waals surface area contributed by atoms with E-state index in [1.54, 1.807) is 18.4 Å². The molecule has 19 heavy (non-hydrogen) atoms. The van der Waals surface area contributed by atoms with Crippen LogP contribution in [0.25, 0.3) is 5.70 Å². The van der Waals surface area contributed by atoms with E-state index >= 15 is 0 Å². The first kappa shape index (κ1) is 13.1. The third-order valence-electron chi connectivity index (χ3n) is 2.86. The molecule has 4 nitrogen and oxygen atoms in total. The van der Waals surface area contributed by atoms with Crippen molar-refractivity contribution in [3.8, 4) is 0 Å². The average Bonchev–Trinajstić information content (AvgIpc) is 2.57. The lowest BCUT2D eigenvalue weighted by Gasteiger charge is -2.14. The van der Waals surface area contributed by atoms with Crippen LogP contribution in [-0.4, -0.2) is 11.1 Å². The van der Waals surface area contributed by atoms with Crippen LogP contribution >= 0.6 is 12.4 Å². The summed E-state index contributed by atoms with van der Waals surface area (Å²) in [5, 5.41) is 13.9. The van der Waals surface area contributed by atoms with E-state index in [0.717, 1.165) is 21.8 Å². The zero-order valence-corrected chi connectivity index (χ0v) is 10.6. The summed E-state index contributed by atoms with van der Waals surface area (Å²) in [6, 6.07) is 7.74. The summed E-state index contributed by atoms with van der Waals surface area (Å²) in [5.74, 6) is -0.947. The average molecular weight is 275 g/mol. The molecule has 1 aromatic carbocycles. The maximum atomic E-state index is 11.0. The first-order chi connectivity index (χ1) is 8.75. The predicted molar refractivity (Wildman–Crippen MR) is 74.0 cm³/mol. The minimum Gasteiger partial charge on any atom is -0.478 e. The fourth-order valence-electron chi connectivity index (χ4n) is 2.00. The molecule has 0 aliphatic carbocycles. The van der Waals surface area contributed by atoms with Gasteiger partial charge in [-0.25, -0.2) is 4.79 Å². The molecule has 2 N–H and O–H groups in total. The van der Waals surface area contributed by atoms with Gasteiger partial charge in [-0.05, 0) is 18.2 Å². The Bertz CT molecular complexity index is 745. The first-order valence-corrected chi connectivity index (χ1v) is 5.51. The number of aliphatic carboxylic acids is 1. The Hall–Kier alpha value is -2.33. The van der Waals surface area contributed by atoms with Gasteiger partial charge in [0.1, 0.15) is 0 Å². The van der Waals surface area contributed by atoms with Crippen molar-refractivity contribution in [3.05, 3.63) is 70.5 Å². The van der Waals surface area contributed by atoms with Crippen LogP contribution in [0.4, 0.5) is 0 Å². The Morgan fingerprint density at radius 1 is 1.26 bits per heavy atom. The van der Waals surface area contributed by atoms with Crippen molar-refractivity contribution >= 4 is 24.1 Å². The minimum absolute atomic E-state index is 0. The van der Waals surface area contributed by atoms with Gasteiger partial charge in [0.2, 0.25) is 0 Å². The van der Waals surface area contributed by atoms with Gasteiger partial charge in [0.05, 0.1) is 16.6 Å². The number of rotatable bonds is 1. The van der Waals surface area contributed by atoms with Gasteiger partial charge in [-0.2, -0.15) is 0 Å². The molecule has 0 saturated heterocycles. The Morgan fingerprint density at radius 3 is 2.84 bits per heavy atom. The predicted octanol–water partition coefficient (Wildman–Crippen LogP) is 0.862. The normalized spacial score (nSPS) is 15.5. The van der Waals surface area contributed by atoms with E-state index in [0.29, 0.717) is 0 Å². The van der Waals surface area contributed by atoms with Crippen molar-refractivity contribution in [2.75, 3.05) is 0 Å². The van der Waals surface area contributed by atoms with Crippen LogP contribution in [0, 0.1) is 0 Å². The van der Waals surface area contributed by atoms with Crippen molar-refractivity contribution in [1.82, 2.24) is 5.32 Å². The van der Waals surface area contributed by atoms with Gasteiger partial charge in [-0.3, -0.25) is 4.99 Å². The Kier molecular flexibility index (Phi) is 3.53. The number of nitrogens with one attached hydrogen (secondary N) is 1. The summed E-state index contributed by atoms with van der Waals surface area (Å²) in [6.07, 6.45) is 6.63. The van der Waals surface area contributed by atoms with Gasteiger partial charge in [0.15, 0.2) is 0 Å². The molecule has 0 saturated carbocycles. The summed E-state index contributed by atoms with van der Waals surface area (Å²) in [4.78, 5) is 15.3. The molecule has 2 heterocycles. The summed E-state index contributed by atoms with van der Waals surface area (Å²) < 4.78 is 0. The maximum absolute atomic E-state index is 11.0. The summed E-state index contributed by atoms with van der Waals surface area (Å²) in [7, 11) is 0. The molecule has 1 aromatic rings. The molecule has 3 rings (SSSR count). The smallest absolute Gasteiger partial charge is 0.337 e. The second-order valence-electron chi connectivity index (χ2n) is 3.99. The van der Waals surface area contributed by atoms with Gasteiger partial charge >= 0.3 is 5.97 Å². The number of hydrogen-bond donors (Lipinski definition) is 2. The van der Waals surface area contributed by atoms with Crippen molar-refractivity contribution in [3.63, 3.8) is 0 Å². The van der Waals surface area contributed by atoms with Crippen LogP contribution < -0.4 is 15.9 Å². The van der Waals surface area contributed by atoms with E-state index < -0.39 is 5.97 Å². The van der Waals surface area contributed by atoms with Gasteiger partial charge < -0.3 is 10.4 Å². The lowest BCUT2D eigenvalue weighted by atomic mass is 10.0. The molecule has 2 aliphatic rings. The van der Waals surface area contributed by atoms with Crippen LogP contribution in [0.15, 0.2) is 65.0 Å². The third-order valence-corrected chi connectivity index (χ3v) is 2.86. The first-order valence-electron chi connectivity index (χ1n) is 5.51. The summed E-state index contributed by atoms with van der Waals surface area (Å²) >= 11 is 0. The van der Waals surface area contributed by atoms with Crippen LogP contribution in [0.2, 0.25) is 0 Å². The Labute approximate surface area is 115 Å². The van der Waals surface area contributed by atoms with Crippen LogP contribution in [0.3, 0.4) is 0 Å². The van der Waals surface area contributed by atoms with Gasteiger partial charge in [-0.1, -0.05) is 18.2 Å². The second kappa shape index (κ2) is 5.12. The van der Waals surface area contributed by atoms with E-state index in [-0.39, 0.29) is 18.0 Å². The molecule has 0 atom stereocenters. The number of fused-ring (bicyclic) bond motifs is 2. The number of benzene rings is 1. The highest BCUT2D eigenvalue weighted by atomic mass is 35.5. The third kappa shape index (κ3) is 2.30. The highest BCUT2D eigenvalue weighted by Gasteiger charge is 2.14. The molecule has 0 unspecified atom stereocenters. The van der Waals surface area contributed by atoms with Crippen LogP contribution in [0.5, 0.6) is 0 Å². The summed E-state index contributed by atoms with van der Waals surface area (Å²) in [6.45, 7) is 0. The number of hydrogen-bond acceptors (Lipinski definition) is 3. The number of carbonyl (C=O) groups is 1. The fourth-order valence-corrected chi connectivity index (χ4v) is 2.00.